The Kier molecular flexibility index (Phi) is 6.34. The first-order valence-corrected chi connectivity index (χ1v) is 6.23. The molecule has 0 fully saturated rings. The van der Waals surface area contributed by atoms with Gasteiger partial charge in [0.2, 0.25) is 0 Å². The molecule has 0 amide bonds. The summed E-state index contributed by atoms with van der Waals surface area (Å²) in [6.45, 7) is 5.96. The molecule has 1 atom stereocenters. The van der Waals surface area contributed by atoms with Crippen LogP contribution in [-0.2, 0) is 0 Å². The number of benzene rings is 1. The molecule has 1 aromatic rings. The largest absolute Gasteiger partial charge is 0.491 e. The molecule has 0 radical (unpaired) electrons. The maximum Gasteiger partial charge on any atom is 0.120 e. The third-order valence-corrected chi connectivity index (χ3v) is 2.41. The van der Waals surface area contributed by atoms with Crippen molar-refractivity contribution < 1.29 is 9.84 Å². The van der Waals surface area contributed by atoms with Gasteiger partial charge in [-0.25, -0.2) is 0 Å². The molecule has 0 saturated heterocycles. The third-order valence-electron chi connectivity index (χ3n) is 2.17. The van der Waals surface area contributed by atoms with Crippen LogP contribution in [-0.4, -0.2) is 30.9 Å². The summed E-state index contributed by atoms with van der Waals surface area (Å²) in [4.78, 5) is 0. The van der Waals surface area contributed by atoms with Gasteiger partial charge in [-0.05, 0) is 30.7 Å². The van der Waals surface area contributed by atoms with Gasteiger partial charge in [0.1, 0.15) is 18.5 Å². The smallest absolute Gasteiger partial charge is 0.120 e. The number of nitrogens with one attached hydrogen (secondary N) is 1. The van der Waals surface area contributed by atoms with E-state index in [-0.39, 0.29) is 6.61 Å². The molecule has 2 N–H and O–H groups in total. The Morgan fingerprint density at radius 2 is 2.12 bits per heavy atom. The van der Waals surface area contributed by atoms with E-state index < -0.39 is 6.10 Å². The van der Waals surface area contributed by atoms with Crippen molar-refractivity contribution in [3.8, 4) is 5.75 Å². The Morgan fingerprint density at radius 3 is 2.76 bits per heavy atom. The highest BCUT2D eigenvalue weighted by Crippen LogP contribution is 2.17. The fourth-order valence-corrected chi connectivity index (χ4v) is 1.53. The van der Waals surface area contributed by atoms with Crippen molar-refractivity contribution in [3.05, 3.63) is 29.3 Å². The maximum absolute atomic E-state index is 9.67. The third kappa shape index (κ3) is 6.51. The summed E-state index contributed by atoms with van der Waals surface area (Å²) < 4.78 is 5.43. The lowest BCUT2D eigenvalue weighted by atomic mass is 10.2. The molecule has 4 heteroatoms. The van der Waals surface area contributed by atoms with Gasteiger partial charge < -0.3 is 15.2 Å². The van der Waals surface area contributed by atoms with Gasteiger partial charge in [-0.2, -0.15) is 0 Å². The van der Waals surface area contributed by atoms with Gasteiger partial charge in [0.15, 0.2) is 0 Å². The second kappa shape index (κ2) is 7.54. The molecule has 0 aromatic heterocycles. The summed E-state index contributed by atoms with van der Waals surface area (Å²) in [6, 6.07) is 7.16. The second-order valence-electron chi connectivity index (χ2n) is 4.47. The summed E-state index contributed by atoms with van der Waals surface area (Å²) in [5.41, 5.74) is 0. The molecule has 1 aromatic carbocycles. The van der Waals surface area contributed by atoms with Crippen LogP contribution < -0.4 is 10.1 Å². The SMILES string of the molecule is CC(C)CNC[C@H](O)COc1cccc(Cl)c1. The van der Waals surface area contributed by atoms with E-state index in [1.807, 2.05) is 12.1 Å². The average Bonchev–Trinajstić information content (AvgIpc) is 2.26. The molecule has 0 unspecified atom stereocenters. The zero-order valence-corrected chi connectivity index (χ0v) is 11.1. The number of aliphatic hydroxyl groups excluding tert-OH is 1. The van der Waals surface area contributed by atoms with Crippen LogP contribution in [0.1, 0.15) is 13.8 Å². The second-order valence-corrected chi connectivity index (χ2v) is 4.91. The molecule has 96 valence electrons. The van der Waals surface area contributed by atoms with Crippen LogP contribution in [0.15, 0.2) is 24.3 Å². The van der Waals surface area contributed by atoms with Gasteiger partial charge in [-0.1, -0.05) is 31.5 Å². The summed E-state index contributed by atoms with van der Waals surface area (Å²) in [5.74, 6) is 1.26. The van der Waals surface area contributed by atoms with Crippen molar-refractivity contribution in [3.63, 3.8) is 0 Å². The fraction of sp³-hybridized carbons (Fsp3) is 0.538. The molecule has 0 aliphatic heterocycles. The Balaban J connectivity index is 2.21. The Bertz CT molecular complexity index is 331. The summed E-state index contributed by atoms with van der Waals surface area (Å²) >= 11 is 5.82. The van der Waals surface area contributed by atoms with Gasteiger partial charge in [0.25, 0.3) is 0 Å². The standard InChI is InChI=1S/C13H20ClNO2/c1-10(2)7-15-8-12(16)9-17-13-5-3-4-11(14)6-13/h3-6,10,12,15-16H,7-9H2,1-2H3/t12-/m0/s1. The minimum absolute atomic E-state index is 0.269. The van der Waals surface area contributed by atoms with E-state index in [1.54, 1.807) is 12.1 Å². The van der Waals surface area contributed by atoms with E-state index in [9.17, 15) is 5.11 Å². The molecular weight excluding hydrogens is 238 g/mol. The predicted octanol–water partition coefficient (Wildman–Crippen LogP) is 2.33. The molecule has 0 bridgehead atoms. The van der Waals surface area contributed by atoms with Crippen molar-refractivity contribution >= 4 is 11.6 Å². The Labute approximate surface area is 108 Å². The number of ether oxygens (including phenoxy) is 1. The number of hydrogen-bond acceptors (Lipinski definition) is 3. The molecular formula is C13H20ClNO2. The first-order chi connectivity index (χ1) is 8.08. The number of rotatable bonds is 7. The minimum Gasteiger partial charge on any atom is -0.491 e. The molecule has 17 heavy (non-hydrogen) atoms. The van der Waals surface area contributed by atoms with E-state index in [0.717, 1.165) is 6.54 Å². The van der Waals surface area contributed by atoms with Gasteiger partial charge in [0, 0.05) is 11.6 Å². The highest BCUT2D eigenvalue weighted by Gasteiger charge is 2.05. The molecule has 3 nitrogen and oxygen atoms in total. The van der Waals surface area contributed by atoms with Crippen LogP contribution >= 0.6 is 11.6 Å². The van der Waals surface area contributed by atoms with E-state index in [4.69, 9.17) is 16.3 Å². The lowest BCUT2D eigenvalue weighted by molar-refractivity contribution is 0.106. The van der Waals surface area contributed by atoms with Gasteiger partial charge in [0.05, 0.1) is 0 Å². The lowest BCUT2D eigenvalue weighted by Gasteiger charge is -2.14. The summed E-state index contributed by atoms with van der Waals surface area (Å²) in [7, 11) is 0. The van der Waals surface area contributed by atoms with Gasteiger partial charge >= 0.3 is 0 Å². The van der Waals surface area contributed by atoms with Crippen molar-refractivity contribution in [2.45, 2.75) is 20.0 Å². The molecule has 1 rings (SSSR count). The van der Waals surface area contributed by atoms with Crippen LogP contribution in [0.25, 0.3) is 0 Å². The number of halogens is 1. The van der Waals surface area contributed by atoms with Crippen molar-refractivity contribution in [1.29, 1.82) is 0 Å². The van der Waals surface area contributed by atoms with Crippen molar-refractivity contribution in [1.82, 2.24) is 5.32 Å². The van der Waals surface area contributed by atoms with Gasteiger partial charge in [-0.3, -0.25) is 0 Å². The molecule has 0 saturated carbocycles. The lowest BCUT2D eigenvalue weighted by Crippen LogP contribution is -2.33. The predicted molar refractivity (Wildman–Crippen MR) is 70.7 cm³/mol. The molecule has 0 spiro atoms. The quantitative estimate of drug-likeness (QED) is 0.788. The molecule has 0 heterocycles. The monoisotopic (exact) mass is 257 g/mol. The maximum atomic E-state index is 9.67. The number of aliphatic hydroxyl groups is 1. The first-order valence-electron chi connectivity index (χ1n) is 5.85. The van der Waals surface area contributed by atoms with E-state index >= 15 is 0 Å². The molecule has 0 aliphatic carbocycles. The minimum atomic E-state index is -0.507. The summed E-state index contributed by atoms with van der Waals surface area (Å²) in [5, 5.41) is 13.5. The normalized spacial score (nSPS) is 12.8. The Hall–Kier alpha value is -0.770. The van der Waals surface area contributed by atoms with Crippen LogP contribution in [0.2, 0.25) is 5.02 Å². The van der Waals surface area contributed by atoms with Crippen molar-refractivity contribution in [2.24, 2.45) is 5.92 Å². The molecule has 0 aliphatic rings. The first kappa shape index (κ1) is 14.3. The van der Waals surface area contributed by atoms with Crippen molar-refractivity contribution in [2.75, 3.05) is 19.7 Å². The van der Waals surface area contributed by atoms with Crippen LogP contribution in [0, 0.1) is 5.92 Å². The Morgan fingerprint density at radius 1 is 1.35 bits per heavy atom. The summed E-state index contributed by atoms with van der Waals surface area (Å²) in [6.07, 6.45) is -0.507. The van der Waals surface area contributed by atoms with E-state index in [1.165, 1.54) is 0 Å². The van der Waals surface area contributed by atoms with Crippen LogP contribution in [0.3, 0.4) is 0 Å². The average molecular weight is 258 g/mol. The number of hydrogen-bond donors (Lipinski definition) is 2. The fourth-order valence-electron chi connectivity index (χ4n) is 1.35. The van der Waals surface area contributed by atoms with Crippen LogP contribution in [0.5, 0.6) is 5.75 Å². The zero-order chi connectivity index (χ0) is 12.7. The van der Waals surface area contributed by atoms with E-state index in [0.29, 0.717) is 23.2 Å². The van der Waals surface area contributed by atoms with Gasteiger partial charge in [-0.15, -0.1) is 0 Å². The van der Waals surface area contributed by atoms with E-state index in [2.05, 4.69) is 19.2 Å². The highest BCUT2D eigenvalue weighted by atomic mass is 35.5. The highest BCUT2D eigenvalue weighted by molar-refractivity contribution is 6.30. The van der Waals surface area contributed by atoms with Crippen LogP contribution in [0.4, 0.5) is 0 Å². The topological polar surface area (TPSA) is 41.5 Å². The zero-order valence-electron chi connectivity index (χ0n) is 10.3.